The number of carboxylic acids is 1. The van der Waals surface area contributed by atoms with Crippen LogP contribution in [0.1, 0.15) is 5.89 Å². The number of carbonyl (C=O) groups is 1. The first-order chi connectivity index (χ1) is 10.1. The number of carboxylic acid groups (broad SMARTS) is 1. The van der Waals surface area contributed by atoms with Crippen LogP contribution in [0.5, 0.6) is 0 Å². The van der Waals surface area contributed by atoms with Crippen molar-refractivity contribution in [3.8, 4) is 11.4 Å². The highest BCUT2D eigenvalue weighted by Gasteiger charge is 2.14. The predicted octanol–water partition coefficient (Wildman–Crippen LogP) is 2.46. The number of rotatable bonds is 7. The molecule has 0 saturated carbocycles. The van der Waals surface area contributed by atoms with E-state index in [1.54, 1.807) is 35.2 Å². The highest BCUT2D eigenvalue weighted by atomic mass is 35.5. The van der Waals surface area contributed by atoms with Gasteiger partial charge in [0.1, 0.15) is 0 Å². The van der Waals surface area contributed by atoms with Crippen LogP contribution in [0.15, 0.2) is 41.4 Å². The minimum atomic E-state index is -0.922. The lowest BCUT2D eigenvalue weighted by molar-refractivity contribution is -0.138. The molecular weight excluding hydrogens is 294 g/mol. The van der Waals surface area contributed by atoms with Crippen LogP contribution in [-0.4, -0.2) is 39.2 Å². The molecule has 0 atom stereocenters. The summed E-state index contributed by atoms with van der Waals surface area (Å²) in [5.74, 6) is -0.132. The molecule has 0 aliphatic rings. The lowest BCUT2D eigenvalue weighted by atomic mass is 10.2. The summed E-state index contributed by atoms with van der Waals surface area (Å²) in [6.07, 6.45) is 1.62. The van der Waals surface area contributed by atoms with E-state index < -0.39 is 5.97 Å². The highest BCUT2D eigenvalue weighted by molar-refractivity contribution is 6.30. The van der Waals surface area contributed by atoms with Crippen LogP contribution in [0.4, 0.5) is 0 Å². The third-order valence-corrected chi connectivity index (χ3v) is 2.93. The van der Waals surface area contributed by atoms with Gasteiger partial charge in [-0.05, 0) is 24.3 Å². The van der Waals surface area contributed by atoms with Gasteiger partial charge in [-0.2, -0.15) is 4.98 Å². The van der Waals surface area contributed by atoms with Crippen molar-refractivity contribution in [2.24, 2.45) is 0 Å². The fraction of sp³-hybridized carbons (Fsp3) is 0.214. The molecule has 0 aliphatic carbocycles. The van der Waals surface area contributed by atoms with Crippen molar-refractivity contribution in [1.82, 2.24) is 15.0 Å². The Kier molecular flexibility index (Phi) is 5.08. The van der Waals surface area contributed by atoms with Gasteiger partial charge in [-0.1, -0.05) is 22.8 Å². The number of hydrogen-bond acceptors (Lipinski definition) is 5. The Bertz CT molecular complexity index is 625. The maximum atomic E-state index is 10.8. The van der Waals surface area contributed by atoms with Gasteiger partial charge in [0, 0.05) is 17.1 Å². The lowest BCUT2D eigenvalue weighted by Crippen LogP contribution is -2.29. The van der Waals surface area contributed by atoms with E-state index in [1.807, 2.05) is 0 Å². The Hall–Kier alpha value is -2.18. The van der Waals surface area contributed by atoms with Crippen molar-refractivity contribution in [3.63, 3.8) is 0 Å². The molecule has 21 heavy (non-hydrogen) atoms. The van der Waals surface area contributed by atoms with Crippen molar-refractivity contribution in [1.29, 1.82) is 0 Å². The van der Waals surface area contributed by atoms with E-state index in [1.165, 1.54) is 0 Å². The molecule has 110 valence electrons. The van der Waals surface area contributed by atoms with Gasteiger partial charge in [0.05, 0.1) is 13.1 Å². The minimum absolute atomic E-state index is 0.120. The molecule has 6 nitrogen and oxygen atoms in total. The first-order valence-electron chi connectivity index (χ1n) is 6.22. The monoisotopic (exact) mass is 307 g/mol. The SMILES string of the molecule is C=CCN(CC(=O)O)Cc1nc(-c2ccc(Cl)cc2)no1. The smallest absolute Gasteiger partial charge is 0.317 e. The molecule has 0 radical (unpaired) electrons. The molecule has 0 saturated heterocycles. The normalized spacial score (nSPS) is 10.8. The van der Waals surface area contributed by atoms with Crippen molar-refractivity contribution in [3.05, 3.63) is 47.8 Å². The molecule has 0 amide bonds. The van der Waals surface area contributed by atoms with Crippen LogP contribution in [0.3, 0.4) is 0 Å². The highest BCUT2D eigenvalue weighted by Crippen LogP contribution is 2.19. The van der Waals surface area contributed by atoms with Crippen LogP contribution in [0.25, 0.3) is 11.4 Å². The van der Waals surface area contributed by atoms with Crippen molar-refractivity contribution >= 4 is 17.6 Å². The molecule has 0 spiro atoms. The zero-order valence-electron chi connectivity index (χ0n) is 11.2. The average Bonchev–Trinajstić information content (AvgIpc) is 2.87. The van der Waals surface area contributed by atoms with Crippen molar-refractivity contribution < 1.29 is 14.4 Å². The van der Waals surface area contributed by atoms with Crippen LogP contribution < -0.4 is 0 Å². The summed E-state index contributed by atoms with van der Waals surface area (Å²) in [4.78, 5) is 16.7. The second-order valence-electron chi connectivity index (χ2n) is 4.37. The van der Waals surface area contributed by atoms with Gasteiger partial charge in [-0.15, -0.1) is 6.58 Å². The molecule has 0 unspecified atom stereocenters. The van der Waals surface area contributed by atoms with Gasteiger partial charge in [0.25, 0.3) is 0 Å². The van der Waals surface area contributed by atoms with E-state index in [-0.39, 0.29) is 13.1 Å². The van der Waals surface area contributed by atoms with Gasteiger partial charge >= 0.3 is 5.97 Å². The van der Waals surface area contributed by atoms with E-state index in [4.69, 9.17) is 21.2 Å². The number of halogens is 1. The van der Waals surface area contributed by atoms with Gasteiger partial charge in [0.2, 0.25) is 11.7 Å². The molecule has 0 bridgehead atoms. The maximum Gasteiger partial charge on any atom is 0.317 e. The topological polar surface area (TPSA) is 79.5 Å². The summed E-state index contributed by atoms with van der Waals surface area (Å²) in [6, 6.07) is 7.05. The zero-order chi connectivity index (χ0) is 15.2. The number of hydrogen-bond donors (Lipinski definition) is 1. The number of aliphatic carboxylic acids is 1. The Balaban J connectivity index is 2.09. The lowest BCUT2D eigenvalue weighted by Gasteiger charge is -2.15. The summed E-state index contributed by atoms with van der Waals surface area (Å²) in [7, 11) is 0. The maximum absolute atomic E-state index is 10.8. The van der Waals surface area contributed by atoms with Crippen LogP contribution in [0.2, 0.25) is 5.02 Å². The summed E-state index contributed by atoms with van der Waals surface area (Å²) < 4.78 is 5.14. The van der Waals surface area contributed by atoms with Crippen LogP contribution in [-0.2, 0) is 11.3 Å². The largest absolute Gasteiger partial charge is 0.480 e. The Morgan fingerprint density at radius 2 is 2.14 bits per heavy atom. The Morgan fingerprint density at radius 3 is 2.76 bits per heavy atom. The molecule has 1 N–H and O–H groups in total. The van der Waals surface area contributed by atoms with Gasteiger partial charge in [0.15, 0.2) is 0 Å². The second-order valence-corrected chi connectivity index (χ2v) is 4.81. The third kappa shape index (κ3) is 4.40. The standard InChI is InChI=1S/C14H14ClN3O3/c1-2-7-18(9-13(19)20)8-12-16-14(17-21-12)10-3-5-11(15)6-4-10/h2-6H,1,7-9H2,(H,19,20). The molecule has 2 aromatic rings. The Labute approximate surface area is 126 Å². The minimum Gasteiger partial charge on any atom is -0.480 e. The second kappa shape index (κ2) is 7.01. The first-order valence-corrected chi connectivity index (χ1v) is 6.60. The van der Waals surface area contributed by atoms with Crippen LogP contribution >= 0.6 is 11.6 Å². The number of aromatic nitrogens is 2. The van der Waals surface area contributed by atoms with E-state index in [0.29, 0.717) is 23.3 Å². The third-order valence-electron chi connectivity index (χ3n) is 2.68. The molecule has 2 rings (SSSR count). The van der Waals surface area contributed by atoms with Crippen molar-refractivity contribution in [2.75, 3.05) is 13.1 Å². The molecular formula is C14H14ClN3O3. The Morgan fingerprint density at radius 1 is 1.43 bits per heavy atom. The summed E-state index contributed by atoms with van der Waals surface area (Å²) in [5.41, 5.74) is 0.780. The first kappa shape index (κ1) is 15.2. The van der Waals surface area contributed by atoms with E-state index in [9.17, 15) is 4.79 Å². The molecule has 0 fully saturated rings. The number of benzene rings is 1. The average molecular weight is 308 g/mol. The van der Waals surface area contributed by atoms with E-state index >= 15 is 0 Å². The predicted molar refractivity (Wildman–Crippen MR) is 77.9 cm³/mol. The summed E-state index contributed by atoms with van der Waals surface area (Å²) in [5, 5.41) is 13.3. The number of nitrogens with zero attached hydrogens (tertiary/aromatic N) is 3. The van der Waals surface area contributed by atoms with Crippen molar-refractivity contribution in [2.45, 2.75) is 6.54 Å². The molecule has 1 heterocycles. The fourth-order valence-electron chi connectivity index (χ4n) is 1.79. The summed E-state index contributed by atoms with van der Waals surface area (Å²) in [6.45, 7) is 4.15. The van der Waals surface area contributed by atoms with E-state index in [0.717, 1.165) is 5.56 Å². The van der Waals surface area contributed by atoms with Gasteiger partial charge in [-0.25, -0.2) is 0 Å². The zero-order valence-corrected chi connectivity index (χ0v) is 12.0. The molecule has 7 heteroatoms. The van der Waals surface area contributed by atoms with Crippen LogP contribution in [0, 0.1) is 0 Å². The molecule has 1 aromatic heterocycles. The quantitative estimate of drug-likeness (QED) is 0.792. The molecule has 0 aliphatic heterocycles. The fourth-order valence-corrected chi connectivity index (χ4v) is 1.91. The van der Waals surface area contributed by atoms with Gasteiger partial charge < -0.3 is 9.63 Å². The molecule has 1 aromatic carbocycles. The summed E-state index contributed by atoms with van der Waals surface area (Å²) >= 11 is 5.82. The van der Waals surface area contributed by atoms with Gasteiger partial charge in [-0.3, -0.25) is 9.69 Å². The van der Waals surface area contributed by atoms with E-state index in [2.05, 4.69) is 16.7 Å².